The average Bonchev–Trinajstić information content (AvgIpc) is 2.63. The van der Waals surface area contributed by atoms with Crippen molar-refractivity contribution in [2.45, 2.75) is 26.7 Å². The van der Waals surface area contributed by atoms with E-state index in [9.17, 15) is 4.79 Å². The molecule has 2 aromatic rings. The van der Waals surface area contributed by atoms with Crippen molar-refractivity contribution in [2.75, 3.05) is 30.4 Å². The monoisotopic (exact) mass is 342 g/mol. The second-order valence-corrected chi connectivity index (χ2v) is 5.56. The van der Waals surface area contributed by atoms with Gasteiger partial charge in [0.15, 0.2) is 0 Å². The molecular formula is C20H26N2O3. The highest BCUT2D eigenvalue weighted by Crippen LogP contribution is 2.23. The number of carbonyl (C=O) groups excluding carboxylic acids is 1. The first-order valence-corrected chi connectivity index (χ1v) is 8.71. The molecular weight excluding hydrogens is 316 g/mol. The van der Waals surface area contributed by atoms with E-state index in [2.05, 4.69) is 17.6 Å². The lowest BCUT2D eigenvalue weighted by molar-refractivity contribution is -0.114. The van der Waals surface area contributed by atoms with Crippen LogP contribution in [0.5, 0.6) is 11.5 Å². The van der Waals surface area contributed by atoms with Gasteiger partial charge in [-0.3, -0.25) is 4.79 Å². The number of para-hydroxylation sites is 2. The van der Waals surface area contributed by atoms with Crippen LogP contribution in [0.1, 0.15) is 26.7 Å². The molecule has 0 unspecified atom stereocenters. The smallest absolute Gasteiger partial charge is 0.243 e. The van der Waals surface area contributed by atoms with Crippen LogP contribution in [0.3, 0.4) is 0 Å². The summed E-state index contributed by atoms with van der Waals surface area (Å²) in [6.45, 7) is 5.52. The van der Waals surface area contributed by atoms with E-state index in [4.69, 9.17) is 9.47 Å². The first kappa shape index (κ1) is 18.6. The number of hydrogen-bond donors (Lipinski definition) is 2. The highest BCUT2D eigenvalue weighted by Gasteiger charge is 2.06. The van der Waals surface area contributed by atoms with Gasteiger partial charge in [0.05, 0.1) is 25.4 Å². The Bertz CT molecular complexity index is 656. The fourth-order valence-corrected chi connectivity index (χ4v) is 2.24. The Morgan fingerprint density at radius 3 is 2.48 bits per heavy atom. The van der Waals surface area contributed by atoms with Gasteiger partial charge in [-0.15, -0.1) is 0 Å². The van der Waals surface area contributed by atoms with Crippen LogP contribution >= 0.6 is 0 Å². The Balaban J connectivity index is 1.82. The fraction of sp³-hybridized carbons (Fsp3) is 0.350. The molecule has 0 bridgehead atoms. The number of anilines is 2. The summed E-state index contributed by atoms with van der Waals surface area (Å²) in [5.74, 6) is 1.44. The number of hydrogen-bond acceptors (Lipinski definition) is 4. The van der Waals surface area contributed by atoms with Gasteiger partial charge in [-0.05, 0) is 49.7 Å². The molecule has 0 aromatic heterocycles. The van der Waals surface area contributed by atoms with Crippen molar-refractivity contribution in [2.24, 2.45) is 0 Å². The number of carbonyl (C=O) groups is 1. The molecule has 25 heavy (non-hydrogen) atoms. The lowest BCUT2D eigenvalue weighted by Gasteiger charge is -2.12. The molecule has 0 saturated heterocycles. The Hall–Kier alpha value is -2.69. The van der Waals surface area contributed by atoms with E-state index in [0.29, 0.717) is 13.2 Å². The largest absolute Gasteiger partial charge is 0.494 e. The standard InChI is InChI=1S/C20H26N2O3/c1-3-5-14-25-17-12-10-16(11-13-17)22-20(23)15-21-18-8-6-7-9-19(18)24-4-2/h6-13,21H,3-5,14-15H2,1-2H3,(H,22,23). The Morgan fingerprint density at radius 2 is 1.76 bits per heavy atom. The third-order valence-corrected chi connectivity index (χ3v) is 3.53. The zero-order valence-corrected chi connectivity index (χ0v) is 14.9. The quantitative estimate of drug-likeness (QED) is 0.632. The average molecular weight is 342 g/mol. The molecule has 2 N–H and O–H groups in total. The van der Waals surface area contributed by atoms with Gasteiger partial charge in [0.1, 0.15) is 11.5 Å². The lowest BCUT2D eigenvalue weighted by Crippen LogP contribution is -2.22. The molecule has 5 nitrogen and oxygen atoms in total. The number of unbranched alkanes of at least 4 members (excludes halogenated alkanes) is 1. The van der Waals surface area contributed by atoms with Crippen LogP contribution in [0.2, 0.25) is 0 Å². The van der Waals surface area contributed by atoms with E-state index in [-0.39, 0.29) is 12.5 Å². The molecule has 0 atom stereocenters. The molecule has 0 aliphatic rings. The Labute approximate surface area is 149 Å². The molecule has 0 heterocycles. The van der Waals surface area contributed by atoms with Crippen molar-refractivity contribution in [3.63, 3.8) is 0 Å². The maximum absolute atomic E-state index is 12.1. The van der Waals surface area contributed by atoms with Gasteiger partial charge < -0.3 is 20.1 Å². The predicted octanol–water partition coefficient (Wildman–Crippen LogP) is 4.31. The van der Waals surface area contributed by atoms with Gasteiger partial charge in [-0.25, -0.2) is 0 Å². The molecule has 0 aliphatic carbocycles. The van der Waals surface area contributed by atoms with E-state index in [1.807, 2.05) is 55.5 Å². The van der Waals surface area contributed by atoms with Gasteiger partial charge >= 0.3 is 0 Å². The molecule has 2 aromatic carbocycles. The molecule has 2 rings (SSSR count). The number of ether oxygens (including phenoxy) is 2. The summed E-state index contributed by atoms with van der Waals surface area (Å²) >= 11 is 0. The number of rotatable bonds is 10. The van der Waals surface area contributed by atoms with Crippen molar-refractivity contribution in [3.05, 3.63) is 48.5 Å². The number of benzene rings is 2. The molecule has 5 heteroatoms. The summed E-state index contributed by atoms with van der Waals surface area (Å²) in [6.07, 6.45) is 2.14. The second kappa shape index (κ2) is 10.2. The molecule has 1 amide bonds. The molecule has 0 radical (unpaired) electrons. The van der Waals surface area contributed by atoms with Crippen molar-refractivity contribution < 1.29 is 14.3 Å². The highest BCUT2D eigenvalue weighted by molar-refractivity contribution is 5.94. The zero-order chi connectivity index (χ0) is 17.9. The maximum Gasteiger partial charge on any atom is 0.243 e. The minimum absolute atomic E-state index is 0.119. The molecule has 134 valence electrons. The topological polar surface area (TPSA) is 59.6 Å². The van der Waals surface area contributed by atoms with Crippen LogP contribution in [0.4, 0.5) is 11.4 Å². The summed E-state index contributed by atoms with van der Waals surface area (Å²) in [7, 11) is 0. The van der Waals surface area contributed by atoms with E-state index in [0.717, 1.165) is 35.7 Å². The molecule has 0 aliphatic heterocycles. The third-order valence-electron chi connectivity index (χ3n) is 3.53. The fourth-order valence-electron chi connectivity index (χ4n) is 2.24. The molecule has 0 spiro atoms. The predicted molar refractivity (Wildman–Crippen MR) is 102 cm³/mol. The Morgan fingerprint density at radius 1 is 1.00 bits per heavy atom. The van der Waals surface area contributed by atoms with Crippen LogP contribution in [0.15, 0.2) is 48.5 Å². The summed E-state index contributed by atoms with van der Waals surface area (Å²) < 4.78 is 11.1. The molecule has 0 fully saturated rings. The number of amides is 1. The van der Waals surface area contributed by atoms with E-state index in [1.165, 1.54) is 0 Å². The maximum atomic E-state index is 12.1. The van der Waals surface area contributed by atoms with Gasteiger partial charge in [-0.1, -0.05) is 25.5 Å². The van der Waals surface area contributed by atoms with Gasteiger partial charge in [-0.2, -0.15) is 0 Å². The van der Waals surface area contributed by atoms with Gasteiger partial charge in [0.2, 0.25) is 5.91 Å². The third kappa shape index (κ3) is 6.37. The zero-order valence-electron chi connectivity index (χ0n) is 14.9. The normalized spacial score (nSPS) is 10.2. The first-order chi connectivity index (χ1) is 12.2. The van der Waals surface area contributed by atoms with Crippen molar-refractivity contribution in [1.29, 1.82) is 0 Å². The number of nitrogens with one attached hydrogen (secondary N) is 2. The highest BCUT2D eigenvalue weighted by atomic mass is 16.5. The molecule has 0 saturated carbocycles. The summed E-state index contributed by atoms with van der Waals surface area (Å²) in [5.41, 5.74) is 1.55. The lowest BCUT2D eigenvalue weighted by atomic mass is 10.3. The van der Waals surface area contributed by atoms with Crippen LogP contribution < -0.4 is 20.1 Å². The van der Waals surface area contributed by atoms with Gasteiger partial charge in [0, 0.05) is 5.69 Å². The minimum Gasteiger partial charge on any atom is -0.494 e. The van der Waals surface area contributed by atoms with Crippen LogP contribution in [-0.2, 0) is 4.79 Å². The van der Waals surface area contributed by atoms with Crippen molar-refractivity contribution >= 4 is 17.3 Å². The summed E-state index contributed by atoms with van der Waals surface area (Å²) in [5, 5.41) is 5.96. The first-order valence-electron chi connectivity index (χ1n) is 8.71. The van der Waals surface area contributed by atoms with Crippen molar-refractivity contribution in [3.8, 4) is 11.5 Å². The summed E-state index contributed by atoms with van der Waals surface area (Å²) in [4.78, 5) is 12.1. The van der Waals surface area contributed by atoms with E-state index >= 15 is 0 Å². The van der Waals surface area contributed by atoms with Crippen molar-refractivity contribution in [1.82, 2.24) is 0 Å². The van der Waals surface area contributed by atoms with E-state index < -0.39 is 0 Å². The minimum atomic E-state index is -0.119. The summed E-state index contributed by atoms with van der Waals surface area (Å²) in [6, 6.07) is 15.0. The van der Waals surface area contributed by atoms with Gasteiger partial charge in [0.25, 0.3) is 0 Å². The Kier molecular flexibility index (Phi) is 7.63. The van der Waals surface area contributed by atoms with E-state index in [1.54, 1.807) is 0 Å². The van der Waals surface area contributed by atoms with Crippen LogP contribution in [0.25, 0.3) is 0 Å². The van der Waals surface area contributed by atoms with Crippen LogP contribution in [0, 0.1) is 0 Å². The second-order valence-electron chi connectivity index (χ2n) is 5.56. The SMILES string of the molecule is CCCCOc1ccc(NC(=O)CNc2ccccc2OCC)cc1. The van der Waals surface area contributed by atoms with Crippen LogP contribution in [-0.4, -0.2) is 25.7 Å².